The molecule has 2 amide bonds. The summed E-state index contributed by atoms with van der Waals surface area (Å²) in [6, 6.07) is 23.2. The Morgan fingerprint density at radius 3 is 2.41 bits per heavy atom. The smallest absolute Gasteiger partial charge is 0.247 e. The van der Waals surface area contributed by atoms with Crippen LogP contribution in [0.5, 0.6) is 0 Å². The van der Waals surface area contributed by atoms with Crippen LogP contribution >= 0.6 is 11.6 Å². The lowest BCUT2D eigenvalue weighted by Crippen LogP contribution is -2.52. The number of likely N-dealkylation sites (tertiary alicyclic amines) is 1. The summed E-state index contributed by atoms with van der Waals surface area (Å²) in [5, 5.41) is 14.8. The predicted molar refractivity (Wildman–Crippen MR) is 168 cm³/mol. The highest BCUT2D eigenvalue weighted by atomic mass is 35.5. The number of halogens is 1. The number of hydrogen-bond donors (Lipinski definition) is 1. The molecule has 11 nitrogen and oxygen atoms in total. The Balaban J connectivity index is 1.18. The molecule has 2 saturated heterocycles. The predicted octanol–water partition coefficient (Wildman–Crippen LogP) is 3.28. The second-order valence-electron chi connectivity index (χ2n) is 10.6. The van der Waals surface area contributed by atoms with Crippen LogP contribution in [0, 0.1) is 0 Å². The number of benzene rings is 3. The van der Waals surface area contributed by atoms with Gasteiger partial charge < -0.3 is 14.8 Å². The molecule has 1 N–H and O–H groups in total. The zero-order chi connectivity index (χ0) is 30.5. The van der Waals surface area contributed by atoms with Gasteiger partial charge in [0.05, 0.1) is 30.1 Å². The van der Waals surface area contributed by atoms with Crippen LogP contribution in [0.1, 0.15) is 12.0 Å². The van der Waals surface area contributed by atoms with Gasteiger partial charge in [-0.1, -0.05) is 48.0 Å². The molecule has 0 saturated carbocycles. The van der Waals surface area contributed by atoms with Crippen LogP contribution in [0.2, 0.25) is 5.02 Å². The molecule has 4 aromatic rings. The lowest BCUT2D eigenvalue weighted by molar-refractivity contribution is -0.132. The molecule has 226 valence electrons. The van der Waals surface area contributed by atoms with E-state index in [2.05, 4.69) is 25.7 Å². The van der Waals surface area contributed by atoms with E-state index in [9.17, 15) is 14.1 Å². The fourth-order valence-electron chi connectivity index (χ4n) is 5.63. The summed E-state index contributed by atoms with van der Waals surface area (Å²) < 4.78 is 16.5. The summed E-state index contributed by atoms with van der Waals surface area (Å²) >= 11 is 5.03. The normalized spacial score (nSPS) is 20.2. The number of aromatic nitrogens is 4. The zero-order valence-corrected chi connectivity index (χ0v) is 25.3. The van der Waals surface area contributed by atoms with E-state index in [1.165, 1.54) is 17.1 Å². The molecule has 2 fully saturated rings. The summed E-state index contributed by atoms with van der Waals surface area (Å²) in [4.78, 5) is 32.0. The molecule has 1 aromatic heterocycles. The molecule has 0 aliphatic carbocycles. The highest BCUT2D eigenvalue weighted by molar-refractivity contribution is 7.89. The lowest BCUT2D eigenvalue weighted by atomic mass is 10.1. The first-order chi connectivity index (χ1) is 21.5. The third kappa shape index (κ3) is 6.85. The number of amides is 2. The Bertz CT molecular complexity index is 1600. The molecule has 3 atom stereocenters. The Morgan fingerprint density at radius 2 is 1.70 bits per heavy atom. The maximum absolute atomic E-state index is 13.7. The molecule has 2 aliphatic heterocycles. The first-order valence-corrected chi connectivity index (χ1v) is 15.8. The first kappa shape index (κ1) is 30.0. The Morgan fingerprint density at radius 1 is 0.977 bits per heavy atom. The molecular weight excluding hydrogens is 600 g/mol. The minimum absolute atomic E-state index is 0.0193. The molecule has 3 unspecified atom stereocenters. The molecule has 2 aliphatic rings. The number of carbonyl (C=O) groups is 2. The van der Waals surface area contributed by atoms with Crippen molar-refractivity contribution < 1.29 is 14.1 Å². The number of nitrogens with one attached hydrogen (secondary N) is 1. The van der Waals surface area contributed by atoms with Gasteiger partial charge in [0.25, 0.3) is 0 Å². The summed E-state index contributed by atoms with van der Waals surface area (Å²) in [6.07, 6.45) is 5.09. The summed E-state index contributed by atoms with van der Waals surface area (Å²) in [6.45, 7) is 3.02. The van der Waals surface area contributed by atoms with Gasteiger partial charge in [-0.05, 0) is 65.4 Å². The quantitative estimate of drug-likeness (QED) is 0.233. The largest absolute Gasteiger partial charge is 0.593 e. The van der Waals surface area contributed by atoms with Crippen LogP contribution in [0.4, 0.5) is 5.69 Å². The molecule has 0 spiro atoms. The van der Waals surface area contributed by atoms with Crippen LogP contribution in [-0.4, -0.2) is 95.5 Å². The number of carbonyl (C=O) groups excluding carboxylic acids is 2. The van der Waals surface area contributed by atoms with Crippen molar-refractivity contribution in [2.45, 2.75) is 23.4 Å². The number of tetrazole rings is 1. The zero-order valence-electron chi connectivity index (χ0n) is 23.8. The maximum atomic E-state index is 13.7. The highest BCUT2D eigenvalue weighted by Gasteiger charge is 2.42. The molecule has 3 aromatic carbocycles. The van der Waals surface area contributed by atoms with Gasteiger partial charge in [-0.25, -0.2) is 0 Å². The summed E-state index contributed by atoms with van der Waals surface area (Å²) in [5.41, 5.74) is 1.99. The molecular formula is C31H31ClN8O3S. The first-order valence-electron chi connectivity index (χ1n) is 14.3. The Hall–Kier alpha value is -4.07. The monoisotopic (exact) mass is 630 g/mol. The van der Waals surface area contributed by atoms with E-state index in [1.807, 2.05) is 65.0 Å². The topological polar surface area (TPSA) is 123 Å². The van der Waals surface area contributed by atoms with Gasteiger partial charge in [0, 0.05) is 48.0 Å². The van der Waals surface area contributed by atoms with Crippen molar-refractivity contribution in [1.82, 2.24) is 34.3 Å². The minimum atomic E-state index is -1.23. The van der Waals surface area contributed by atoms with Crippen LogP contribution in [-0.2, 0) is 21.0 Å². The van der Waals surface area contributed by atoms with E-state index >= 15 is 0 Å². The van der Waals surface area contributed by atoms with E-state index in [0.29, 0.717) is 61.1 Å². The molecule has 3 heterocycles. The van der Waals surface area contributed by atoms with Gasteiger partial charge in [-0.3, -0.25) is 14.5 Å². The molecule has 0 bridgehead atoms. The van der Waals surface area contributed by atoms with Crippen molar-refractivity contribution in [3.8, 4) is 5.69 Å². The van der Waals surface area contributed by atoms with Crippen LogP contribution in [0.15, 0.2) is 96.2 Å². The third-order valence-corrected chi connectivity index (χ3v) is 9.61. The highest BCUT2D eigenvalue weighted by Crippen LogP contribution is 2.27. The van der Waals surface area contributed by atoms with Gasteiger partial charge in [0.2, 0.25) is 11.8 Å². The summed E-state index contributed by atoms with van der Waals surface area (Å²) in [5.74, 6) is -0.520. The van der Waals surface area contributed by atoms with Gasteiger partial charge in [0.1, 0.15) is 12.4 Å². The number of nitrogens with zero attached hydrogens (tertiary/aromatic N) is 7. The maximum Gasteiger partial charge on any atom is 0.247 e. The Labute approximate surface area is 263 Å². The fourth-order valence-corrected chi connectivity index (χ4v) is 7.00. The minimum Gasteiger partial charge on any atom is -0.593 e. The van der Waals surface area contributed by atoms with E-state index in [0.717, 1.165) is 4.90 Å². The lowest BCUT2D eigenvalue weighted by Gasteiger charge is -2.37. The third-order valence-electron chi connectivity index (χ3n) is 7.87. The van der Waals surface area contributed by atoms with Gasteiger partial charge in [-0.2, -0.15) is 4.68 Å². The van der Waals surface area contributed by atoms with E-state index in [-0.39, 0.29) is 17.9 Å². The molecule has 13 heteroatoms. The van der Waals surface area contributed by atoms with E-state index < -0.39 is 17.4 Å². The van der Waals surface area contributed by atoms with E-state index in [1.54, 1.807) is 29.2 Å². The van der Waals surface area contributed by atoms with Gasteiger partial charge in [-0.15, -0.1) is 9.40 Å². The molecule has 0 radical (unpaired) electrons. The molecule has 6 rings (SSSR count). The van der Waals surface area contributed by atoms with Crippen molar-refractivity contribution in [2.24, 2.45) is 0 Å². The van der Waals surface area contributed by atoms with Gasteiger partial charge in [0.15, 0.2) is 4.90 Å². The van der Waals surface area contributed by atoms with Crippen molar-refractivity contribution in [1.29, 1.82) is 0 Å². The molecule has 44 heavy (non-hydrogen) atoms. The Kier molecular flexibility index (Phi) is 9.34. The number of rotatable bonds is 8. The second kappa shape index (κ2) is 13.7. The average Bonchev–Trinajstić information content (AvgIpc) is 3.76. The van der Waals surface area contributed by atoms with Crippen molar-refractivity contribution >= 4 is 46.5 Å². The number of piperazine rings is 1. The SMILES string of the molecule is O=C(Nc1ccccc1)C1CC(N2CCN([S+]([O-])c3ccccc3)CC2)CN1C(=O)/C=C/c1cc(Cl)ccc1-n1cnnn1. The second-order valence-corrected chi connectivity index (χ2v) is 12.5. The van der Waals surface area contributed by atoms with E-state index in [4.69, 9.17) is 11.6 Å². The average molecular weight is 631 g/mol. The number of hydrogen-bond acceptors (Lipinski definition) is 8. The van der Waals surface area contributed by atoms with Gasteiger partial charge >= 0.3 is 0 Å². The van der Waals surface area contributed by atoms with Crippen LogP contribution in [0.25, 0.3) is 11.8 Å². The number of para-hydroxylation sites is 1. The van der Waals surface area contributed by atoms with Crippen molar-refractivity contribution in [3.05, 3.63) is 102 Å². The standard InChI is InChI=1S/C31H31ClN8O3S/c32-24-12-13-28(40-22-33-35-36-40)23(19-24)11-14-30(41)39-21-26(20-29(39)31(42)34-25-7-3-1-4-8-25)37-15-17-38(18-16-37)44(43)27-9-5-2-6-10-27/h1-14,19,22,26,29H,15-18,20-21H2,(H,34,42)/b14-11+. The summed E-state index contributed by atoms with van der Waals surface area (Å²) in [7, 11) is 0. The van der Waals surface area contributed by atoms with Crippen LogP contribution < -0.4 is 5.32 Å². The van der Waals surface area contributed by atoms with Crippen molar-refractivity contribution in [3.63, 3.8) is 0 Å². The fraction of sp³-hybridized carbons (Fsp3) is 0.258. The van der Waals surface area contributed by atoms with Crippen molar-refractivity contribution in [2.75, 3.05) is 38.0 Å². The number of anilines is 1. The van der Waals surface area contributed by atoms with Crippen LogP contribution in [0.3, 0.4) is 0 Å².